The van der Waals surface area contributed by atoms with Crippen molar-refractivity contribution in [3.8, 4) is 11.1 Å². The summed E-state index contributed by atoms with van der Waals surface area (Å²) in [5, 5.41) is 7.24. The lowest BCUT2D eigenvalue weighted by molar-refractivity contribution is 0.0951. The number of halogens is 1. The minimum absolute atomic E-state index is 0.0196. The zero-order valence-electron chi connectivity index (χ0n) is 18.6. The van der Waals surface area contributed by atoms with E-state index in [1.54, 1.807) is 18.3 Å². The van der Waals surface area contributed by atoms with Gasteiger partial charge < -0.3 is 10.6 Å². The number of anilines is 1. The Balaban J connectivity index is 1.39. The Morgan fingerprint density at radius 2 is 1.85 bits per heavy atom. The quantitative estimate of drug-likeness (QED) is 0.397. The molecule has 5 nitrogen and oxygen atoms in total. The largest absolute Gasteiger partial charge is 0.349 e. The number of nitrogens with zero attached hydrogens (tertiary/aromatic N) is 2. The minimum atomic E-state index is -0.256. The second-order valence-corrected chi connectivity index (χ2v) is 8.66. The molecule has 1 saturated carbocycles. The number of carbonyl (C=O) groups excluding carboxylic acids is 1. The van der Waals surface area contributed by atoms with Gasteiger partial charge in [-0.15, -0.1) is 0 Å². The Bertz CT molecular complexity index is 1330. The smallest absolute Gasteiger partial charge is 0.251 e. The molecule has 1 heterocycles. The molecule has 6 heteroatoms. The Labute approximate surface area is 192 Å². The second kappa shape index (κ2) is 8.62. The summed E-state index contributed by atoms with van der Waals surface area (Å²) in [5.41, 5.74) is 5.59. The van der Waals surface area contributed by atoms with E-state index in [1.165, 1.54) is 12.1 Å². The van der Waals surface area contributed by atoms with E-state index in [2.05, 4.69) is 20.6 Å². The average Bonchev–Trinajstić information content (AvgIpc) is 3.63. The van der Waals surface area contributed by atoms with Crippen LogP contribution in [0.2, 0.25) is 0 Å². The van der Waals surface area contributed by atoms with Crippen LogP contribution in [0.25, 0.3) is 22.0 Å². The molecular weight excluding hydrogens is 415 g/mol. The molecule has 3 aromatic carbocycles. The summed E-state index contributed by atoms with van der Waals surface area (Å²) in [6, 6.07) is 18.5. The van der Waals surface area contributed by atoms with E-state index in [1.807, 2.05) is 50.2 Å². The van der Waals surface area contributed by atoms with Crippen LogP contribution in [-0.2, 0) is 0 Å². The van der Waals surface area contributed by atoms with E-state index in [4.69, 9.17) is 0 Å². The van der Waals surface area contributed by atoms with Gasteiger partial charge in [0.1, 0.15) is 5.82 Å². The van der Waals surface area contributed by atoms with E-state index in [-0.39, 0.29) is 17.8 Å². The van der Waals surface area contributed by atoms with Gasteiger partial charge in [-0.1, -0.05) is 24.3 Å². The van der Waals surface area contributed by atoms with Gasteiger partial charge in [0.05, 0.1) is 11.6 Å². The van der Waals surface area contributed by atoms with Crippen molar-refractivity contribution in [2.75, 3.05) is 5.32 Å². The predicted molar refractivity (Wildman–Crippen MR) is 129 cm³/mol. The van der Waals surface area contributed by atoms with Gasteiger partial charge in [-0.25, -0.2) is 14.4 Å². The van der Waals surface area contributed by atoms with Gasteiger partial charge in [0, 0.05) is 23.2 Å². The lowest BCUT2D eigenvalue weighted by Gasteiger charge is -2.15. The number of rotatable bonds is 6. The summed E-state index contributed by atoms with van der Waals surface area (Å²) in [7, 11) is 0. The fourth-order valence-corrected chi connectivity index (χ4v) is 3.87. The van der Waals surface area contributed by atoms with Crippen molar-refractivity contribution in [1.82, 2.24) is 15.3 Å². The molecule has 1 unspecified atom stereocenters. The fraction of sp³-hybridized carbons (Fsp3) is 0.222. The molecule has 0 saturated heterocycles. The monoisotopic (exact) mass is 440 g/mol. The summed E-state index contributed by atoms with van der Waals surface area (Å²) < 4.78 is 13.2. The number of carbonyl (C=O) groups is 1. The molecule has 4 aromatic rings. The molecule has 0 spiro atoms. The van der Waals surface area contributed by atoms with Crippen LogP contribution in [-0.4, -0.2) is 21.9 Å². The minimum Gasteiger partial charge on any atom is -0.349 e. The van der Waals surface area contributed by atoms with Gasteiger partial charge in [-0.05, 0) is 85.3 Å². The summed E-state index contributed by atoms with van der Waals surface area (Å²) in [5.74, 6) is 0.240. The first kappa shape index (κ1) is 21.1. The topological polar surface area (TPSA) is 66.9 Å². The molecule has 33 heavy (non-hydrogen) atoms. The van der Waals surface area contributed by atoms with Crippen LogP contribution in [0.4, 0.5) is 10.3 Å². The van der Waals surface area contributed by atoms with Crippen LogP contribution in [0.15, 0.2) is 66.9 Å². The Morgan fingerprint density at radius 3 is 2.61 bits per heavy atom. The van der Waals surface area contributed by atoms with E-state index >= 15 is 0 Å². The van der Waals surface area contributed by atoms with Crippen LogP contribution in [0.1, 0.15) is 47.3 Å². The maximum atomic E-state index is 13.2. The number of aromatic nitrogens is 2. The van der Waals surface area contributed by atoms with Crippen LogP contribution < -0.4 is 10.6 Å². The summed E-state index contributed by atoms with van der Waals surface area (Å²) >= 11 is 0. The van der Waals surface area contributed by atoms with Crippen LogP contribution in [0, 0.1) is 12.7 Å². The molecule has 2 N–H and O–H groups in total. The van der Waals surface area contributed by atoms with Crippen molar-refractivity contribution in [1.29, 1.82) is 0 Å². The van der Waals surface area contributed by atoms with E-state index in [9.17, 15) is 9.18 Å². The first-order chi connectivity index (χ1) is 16.0. The molecule has 1 fully saturated rings. The number of nitrogens with one attached hydrogen (secondary N) is 2. The third kappa shape index (κ3) is 4.70. The highest BCUT2D eigenvalue weighted by Crippen LogP contribution is 2.29. The zero-order valence-corrected chi connectivity index (χ0v) is 18.6. The van der Waals surface area contributed by atoms with Gasteiger partial charge in [0.2, 0.25) is 5.95 Å². The highest BCUT2D eigenvalue weighted by atomic mass is 19.1. The highest BCUT2D eigenvalue weighted by molar-refractivity contribution is 5.96. The Kier molecular flexibility index (Phi) is 5.50. The number of hydrogen-bond donors (Lipinski definition) is 2. The van der Waals surface area contributed by atoms with Crippen LogP contribution in [0.5, 0.6) is 0 Å². The SMILES string of the molecule is Cc1ccc(C(=O)NC2CC2)cc1-c1ccc2nc(NC(C)c3ccc(F)cc3)ncc2c1. The number of amides is 1. The third-order valence-corrected chi connectivity index (χ3v) is 6.02. The molecule has 0 bridgehead atoms. The number of benzene rings is 3. The molecule has 1 aliphatic carbocycles. The lowest BCUT2D eigenvalue weighted by atomic mass is 9.97. The average molecular weight is 441 g/mol. The van der Waals surface area contributed by atoms with E-state index in [0.717, 1.165) is 46.0 Å². The highest BCUT2D eigenvalue weighted by Gasteiger charge is 2.24. The number of aryl methyl sites for hydroxylation is 1. The first-order valence-corrected chi connectivity index (χ1v) is 11.2. The van der Waals surface area contributed by atoms with Crippen molar-refractivity contribution in [2.24, 2.45) is 0 Å². The number of hydrogen-bond acceptors (Lipinski definition) is 4. The lowest BCUT2D eigenvalue weighted by Crippen LogP contribution is -2.25. The van der Waals surface area contributed by atoms with Gasteiger partial charge >= 0.3 is 0 Å². The van der Waals surface area contributed by atoms with Crippen LogP contribution >= 0.6 is 0 Å². The van der Waals surface area contributed by atoms with Crippen molar-refractivity contribution >= 4 is 22.8 Å². The van der Waals surface area contributed by atoms with Crippen molar-refractivity contribution in [2.45, 2.75) is 38.8 Å². The standard InChI is InChI=1S/C27H25FN4O/c1-16-3-4-20(26(33)31-23-10-11-23)14-24(16)19-7-12-25-21(13-19)15-29-27(32-25)30-17(2)18-5-8-22(28)9-6-18/h3-9,12-15,17,23H,10-11H2,1-2H3,(H,31,33)(H,29,30,32). The summed E-state index contributed by atoms with van der Waals surface area (Å²) in [6.07, 6.45) is 3.92. The predicted octanol–water partition coefficient (Wildman–Crippen LogP) is 5.81. The van der Waals surface area contributed by atoms with Gasteiger partial charge in [0.25, 0.3) is 5.91 Å². The second-order valence-electron chi connectivity index (χ2n) is 8.66. The summed E-state index contributed by atoms with van der Waals surface area (Å²) in [6.45, 7) is 4.03. The van der Waals surface area contributed by atoms with Gasteiger partial charge in [-0.3, -0.25) is 4.79 Å². The molecule has 5 rings (SSSR count). The Morgan fingerprint density at radius 1 is 1.06 bits per heavy atom. The molecule has 166 valence electrons. The first-order valence-electron chi connectivity index (χ1n) is 11.2. The van der Waals surface area contributed by atoms with Crippen molar-refractivity contribution in [3.05, 3.63) is 89.4 Å². The maximum absolute atomic E-state index is 13.2. The molecule has 1 atom stereocenters. The fourth-order valence-electron chi connectivity index (χ4n) is 3.87. The zero-order chi connectivity index (χ0) is 22.9. The van der Waals surface area contributed by atoms with E-state index < -0.39 is 0 Å². The van der Waals surface area contributed by atoms with Crippen molar-refractivity contribution in [3.63, 3.8) is 0 Å². The number of fused-ring (bicyclic) bond motifs is 1. The van der Waals surface area contributed by atoms with Gasteiger partial charge in [-0.2, -0.15) is 0 Å². The molecular formula is C27H25FN4O. The molecule has 1 aliphatic rings. The normalized spacial score (nSPS) is 14.2. The van der Waals surface area contributed by atoms with Crippen molar-refractivity contribution < 1.29 is 9.18 Å². The molecule has 1 aromatic heterocycles. The van der Waals surface area contributed by atoms with E-state index in [0.29, 0.717) is 17.6 Å². The molecule has 1 amide bonds. The van der Waals surface area contributed by atoms with Gasteiger partial charge in [0.15, 0.2) is 0 Å². The maximum Gasteiger partial charge on any atom is 0.251 e. The van der Waals surface area contributed by atoms with Crippen LogP contribution in [0.3, 0.4) is 0 Å². The Hall–Kier alpha value is -3.80. The molecule has 0 aliphatic heterocycles. The molecule has 0 radical (unpaired) electrons. The summed E-state index contributed by atoms with van der Waals surface area (Å²) in [4.78, 5) is 21.6. The third-order valence-electron chi connectivity index (χ3n) is 6.02.